The van der Waals surface area contributed by atoms with Crippen molar-refractivity contribution in [1.29, 1.82) is 0 Å². The lowest BCUT2D eigenvalue weighted by Crippen LogP contribution is -2.29. The van der Waals surface area contributed by atoms with Crippen molar-refractivity contribution in [2.45, 2.75) is 45.8 Å². The van der Waals surface area contributed by atoms with Crippen LogP contribution in [0.5, 0.6) is 0 Å². The van der Waals surface area contributed by atoms with Crippen LogP contribution in [0.1, 0.15) is 27.7 Å². The van der Waals surface area contributed by atoms with Gasteiger partial charge in [0, 0.05) is 6.92 Å². The molecule has 0 aliphatic rings. The highest BCUT2D eigenvalue weighted by molar-refractivity contribution is 9.28. The Morgan fingerprint density at radius 1 is 1.18 bits per heavy atom. The van der Waals surface area contributed by atoms with Crippen LogP contribution in [0, 0.1) is 11.5 Å². The highest BCUT2D eigenvalue weighted by atomic mass is 79.9. The van der Waals surface area contributed by atoms with Crippen molar-refractivity contribution in [2.75, 3.05) is 0 Å². The fraction of sp³-hybridized carbons (Fsp3) is 0.583. The minimum Gasteiger partial charge on any atom is -0.416 e. The molecule has 0 saturated carbocycles. The van der Waals surface area contributed by atoms with Crippen molar-refractivity contribution < 1.29 is 9.53 Å². The van der Waals surface area contributed by atoms with Gasteiger partial charge in [0.15, 0.2) is 0 Å². The summed E-state index contributed by atoms with van der Waals surface area (Å²) in [5.74, 6) is 3.01. The number of halogens is 2. The fourth-order valence-electron chi connectivity index (χ4n) is 1.46. The van der Waals surface area contributed by atoms with Gasteiger partial charge in [-0.25, -0.2) is 0 Å². The van der Waals surface area contributed by atoms with Gasteiger partial charge in [0.2, 0.25) is 5.76 Å². The fourth-order valence-corrected chi connectivity index (χ4v) is 4.23. The van der Waals surface area contributed by atoms with Crippen molar-refractivity contribution in [3.8, 4) is 11.5 Å². The monoisotopic (exact) mass is 380 g/mol. The lowest BCUT2D eigenvalue weighted by atomic mass is 10.6. The average Bonchev–Trinajstić information content (AvgIpc) is 2.29. The highest BCUT2D eigenvalue weighted by Gasteiger charge is 2.24. The smallest absolute Gasteiger partial charge is 0.308 e. The summed E-state index contributed by atoms with van der Waals surface area (Å²) >= 11 is 6.47. The lowest BCUT2D eigenvalue weighted by Gasteiger charge is -2.20. The van der Waals surface area contributed by atoms with E-state index in [1.54, 1.807) is 0 Å². The molecule has 0 saturated heterocycles. The molecule has 0 bridgehead atoms. The summed E-state index contributed by atoms with van der Waals surface area (Å²) in [7, 11) is -1.51. The van der Waals surface area contributed by atoms with Gasteiger partial charge in [-0.3, -0.25) is 4.79 Å². The lowest BCUT2D eigenvalue weighted by molar-refractivity contribution is -0.136. The van der Waals surface area contributed by atoms with E-state index in [0.717, 1.165) is 18.1 Å². The van der Waals surface area contributed by atoms with Crippen LogP contribution in [0.4, 0.5) is 0 Å². The zero-order valence-electron chi connectivity index (χ0n) is 10.7. The highest BCUT2D eigenvalue weighted by Crippen LogP contribution is 2.22. The van der Waals surface area contributed by atoms with E-state index in [9.17, 15) is 4.79 Å². The van der Waals surface area contributed by atoms with E-state index in [-0.39, 0.29) is 5.97 Å². The summed E-state index contributed by atoms with van der Waals surface area (Å²) in [4.78, 5) is 10.9. The van der Waals surface area contributed by atoms with Gasteiger partial charge in [0.05, 0.1) is 0 Å². The molecule has 0 aliphatic heterocycles. The molecule has 0 aliphatic carbocycles. The first-order valence-electron chi connectivity index (χ1n) is 5.67. The first-order chi connectivity index (χ1) is 7.90. The molecule has 0 aromatic heterocycles. The van der Waals surface area contributed by atoms with Crippen LogP contribution < -0.4 is 0 Å². The summed E-state index contributed by atoms with van der Waals surface area (Å²) in [5, 5.41) is 0. The molecule has 0 amide bonds. The predicted molar refractivity (Wildman–Crippen MR) is 81.6 cm³/mol. The number of carbonyl (C=O) groups is 1. The van der Waals surface area contributed by atoms with Crippen molar-refractivity contribution in [2.24, 2.45) is 0 Å². The maximum atomic E-state index is 10.9. The normalized spacial score (nSPS) is 10.2. The van der Waals surface area contributed by atoms with Gasteiger partial charge in [-0.2, -0.15) is 0 Å². The van der Waals surface area contributed by atoms with Crippen molar-refractivity contribution in [3.63, 3.8) is 0 Å². The third-order valence-corrected chi connectivity index (χ3v) is 8.33. The number of rotatable bonds is 4. The van der Waals surface area contributed by atoms with E-state index in [2.05, 4.69) is 64.1 Å². The second kappa shape index (κ2) is 8.12. The molecule has 0 atom stereocenters. The topological polar surface area (TPSA) is 26.3 Å². The standard InChI is InChI=1S/C12H18Br2O2Si/c1-5-17(6-2,7-3)9-8-11(12(13)14)16-10(4)15/h5-7H2,1-4H3. The van der Waals surface area contributed by atoms with Crippen molar-refractivity contribution in [1.82, 2.24) is 0 Å². The molecule has 0 radical (unpaired) electrons. The molecule has 96 valence electrons. The maximum absolute atomic E-state index is 10.9. The molecular formula is C12H18Br2O2Si. The van der Waals surface area contributed by atoms with Crippen molar-refractivity contribution in [3.05, 3.63) is 9.15 Å². The van der Waals surface area contributed by atoms with Gasteiger partial charge >= 0.3 is 5.97 Å². The van der Waals surface area contributed by atoms with Gasteiger partial charge in [-0.15, -0.1) is 5.54 Å². The van der Waals surface area contributed by atoms with Gasteiger partial charge in [0.25, 0.3) is 0 Å². The Balaban J connectivity index is 5.13. The van der Waals surface area contributed by atoms with E-state index in [4.69, 9.17) is 4.74 Å². The van der Waals surface area contributed by atoms with Crippen LogP contribution in [0.15, 0.2) is 9.15 Å². The van der Waals surface area contributed by atoms with Crippen LogP contribution in [0.2, 0.25) is 18.1 Å². The molecule has 0 unspecified atom stereocenters. The number of hydrogen-bond donors (Lipinski definition) is 0. The van der Waals surface area contributed by atoms with Gasteiger partial charge < -0.3 is 4.74 Å². The summed E-state index contributed by atoms with van der Waals surface area (Å²) in [6.45, 7) is 7.93. The zero-order chi connectivity index (χ0) is 13.5. The van der Waals surface area contributed by atoms with Crippen molar-refractivity contribution >= 4 is 45.9 Å². The Labute approximate surface area is 121 Å². The molecule has 0 rings (SSSR count). The van der Waals surface area contributed by atoms with Gasteiger partial charge in [-0.1, -0.05) is 20.8 Å². The van der Waals surface area contributed by atoms with E-state index >= 15 is 0 Å². The zero-order valence-corrected chi connectivity index (χ0v) is 14.9. The summed E-state index contributed by atoms with van der Waals surface area (Å²) in [6.07, 6.45) is 0. The summed E-state index contributed by atoms with van der Waals surface area (Å²) in [6, 6.07) is 3.38. The molecular weight excluding hydrogens is 364 g/mol. The van der Waals surface area contributed by atoms with Crippen LogP contribution >= 0.6 is 31.9 Å². The Morgan fingerprint density at radius 3 is 1.94 bits per heavy atom. The molecule has 0 fully saturated rings. The second-order valence-electron chi connectivity index (χ2n) is 3.77. The second-order valence-corrected chi connectivity index (χ2v) is 11.4. The number of allylic oxidation sites excluding steroid dienone is 1. The van der Waals surface area contributed by atoms with Crippen LogP contribution in [0.3, 0.4) is 0 Å². The molecule has 0 heterocycles. The summed E-state index contributed by atoms with van der Waals surface area (Å²) < 4.78 is 5.62. The van der Waals surface area contributed by atoms with Gasteiger partial charge in [-0.05, 0) is 55.9 Å². The largest absolute Gasteiger partial charge is 0.416 e. The first-order valence-corrected chi connectivity index (χ1v) is 9.88. The van der Waals surface area contributed by atoms with Crippen LogP contribution in [-0.4, -0.2) is 14.0 Å². The Bertz CT molecular complexity index is 350. The Hall–Kier alpha value is -0.0531. The van der Waals surface area contributed by atoms with E-state index in [1.165, 1.54) is 6.92 Å². The molecule has 2 nitrogen and oxygen atoms in total. The number of ether oxygens (including phenoxy) is 1. The molecule has 0 aromatic rings. The molecule has 17 heavy (non-hydrogen) atoms. The third-order valence-electron chi connectivity index (χ3n) is 2.89. The Kier molecular flexibility index (Phi) is 8.09. The third kappa shape index (κ3) is 5.89. The molecule has 0 spiro atoms. The van der Waals surface area contributed by atoms with Gasteiger partial charge in [0.1, 0.15) is 11.5 Å². The minimum absolute atomic E-state index is 0.359. The number of hydrogen-bond acceptors (Lipinski definition) is 2. The molecule has 5 heteroatoms. The number of esters is 1. The van der Waals surface area contributed by atoms with E-state index in [0.29, 0.717) is 9.15 Å². The molecule has 0 aromatic carbocycles. The quantitative estimate of drug-likeness (QED) is 0.309. The predicted octanol–water partition coefficient (Wildman–Crippen LogP) is 4.56. The number of carbonyl (C=O) groups excluding carboxylic acids is 1. The van der Waals surface area contributed by atoms with Crippen LogP contribution in [0.25, 0.3) is 0 Å². The molecule has 0 N–H and O–H groups in total. The van der Waals surface area contributed by atoms with E-state index in [1.807, 2.05) is 0 Å². The summed E-state index contributed by atoms with van der Waals surface area (Å²) in [5.41, 5.74) is 3.36. The Morgan fingerprint density at radius 2 is 1.65 bits per heavy atom. The average molecular weight is 382 g/mol. The van der Waals surface area contributed by atoms with E-state index < -0.39 is 8.07 Å². The SMILES string of the molecule is CC[Si](C#CC(OC(C)=O)=C(Br)Br)(CC)CC. The minimum atomic E-state index is -1.51. The maximum Gasteiger partial charge on any atom is 0.308 e. The first kappa shape index (κ1) is 16.9. The van der Waals surface area contributed by atoms with Crippen LogP contribution in [-0.2, 0) is 9.53 Å².